The van der Waals surface area contributed by atoms with Crippen LogP contribution in [0.4, 0.5) is 0 Å². The molecule has 0 aliphatic rings. The summed E-state index contributed by atoms with van der Waals surface area (Å²) in [5.41, 5.74) is 3.75. The third kappa shape index (κ3) is 5.69. The van der Waals surface area contributed by atoms with Crippen molar-refractivity contribution < 1.29 is 0 Å². The minimum Gasteiger partial charge on any atom is -0.357 e. The summed E-state index contributed by atoms with van der Waals surface area (Å²) in [5.74, 6) is 0.938. The van der Waals surface area contributed by atoms with Gasteiger partial charge in [-0.15, -0.1) is 0 Å². The Hall–Kier alpha value is -2.36. The van der Waals surface area contributed by atoms with E-state index in [1.165, 1.54) is 11.1 Å². The van der Waals surface area contributed by atoms with Crippen LogP contribution in [0.15, 0.2) is 53.7 Å². The highest BCUT2D eigenvalue weighted by Gasteiger charge is 2.06. The Kier molecular flexibility index (Phi) is 7.27. The number of nitrogens with one attached hydrogen (secondary N) is 1. The summed E-state index contributed by atoms with van der Waals surface area (Å²) in [4.78, 5) is 11.2. The molecule has 1 aromatic heterocycles. The van der Waals surface area contributed by atoms with Crippen molar-refractivity contribution in [3.05, 3.63) is 65.5 Å². The molecule has 1 heterocycles. The number of aliphatic imine (C=N–C) groups is 1. The van der Waals surface area contributed by atoms with E-state index in [1.54, 1.807) is 0 Å². The molecule has 2 aromatic rings. The molecule has 0 spiro atoms. The van der Waals surface area contributed by atoms with E-state index >= 15 is 0 Å². The summed E-state index contributed by atoms with van der Waals surface area (Å²) in [6.07, 6.45) is 3.76. The molecule has 0 fully saturated rings. The van der Waals surface area contributed by atoms with Crippen LogP contribution in [0.2, 0.25) is 0 Å². The first-order valence-electron chi connectivity index (χ1n) is 8.70. The Labute approximate surface area is 145 Å². The predicted molar refractivity (Wildman–Crippen MR) is 101 cm³/mol. The van der Waals surface area contributed by atoms with Gasteiger partial charge < -0.3 is 10.2 Å². The number of nitrogens with zero attached hydrogens (tertiary/aromatic N) is 3. The average molecular weight is 324 g/mol. The first kappa shape index (κ1) is 18.0. The van der Waals surface area contributed by atoms with Gasteiger partial charge in [0.15, 0.2) is 5.96 Å². The molecule has 128 valence electrons. The first-order valence-corrected chi connectivity index (χ1v) is 8.70. The topological polar surface area (TPSA) is 40.5 Å². The number of aryl methyl sites for hydroxylation is 1. The minimum absolute atomic E-state index is 0.735. The van der Waals surface area contributed by atoms with E-state index in [0.29, 0.717) is 0 Å². The highest BCUT2D eigenvalue weighted by molar-refractivity contribution is 5.79. The molecule has 0 amide bonds. The Bertz CT molecular complexity index is 620. The maximum Gasteiger partial charge on any atom is 0.193 e. The van der Waals surface area contributed by atoms with Crippen LogP contribution in [-0.4, -0.2) is 36.0 Å². The van der Waals surface area contributed by atoms with Crippen molar-refractivity contribution >= 4 is 5.96 Å². The van der Waals surface area contributed by atoms with Gasteiger partial charge >= 0.3 is 0 Å². The van der Waals surface area contributed by atoms with Crippen LogP contribution in [0.5, 0.6) is 0 Å². The van der Waals surface area contributed by atoms with Crippen molar-refractivity contribution in [2.24, 2.45) is 4.99 Å². The third-order valence-corrected chi connectivity index (χ3v) is 3.90. The number of aromatic nitrogens is 1. The predicted octanol–water partition coefficient (Wildman–Crippen LogP) is 3.28. The van der Waals surface area contributed by atoms with Crippen molar-refractivity contribution in [2.75, 3.05) is 20.1 Å². The molecule has 0 aliphatic heterocycles. The average Bonchev–Trinajstić information content (AvgIpc) is 2.62. The highest BCUT2D eigenvalue weighted by atomic mass is 15.3. The van der Waals surface area contributed by atoms with E-state index in [1.807, 2.05) is 24.4 Å². The van der Waals surface area contributed by atoms with E-state index in [2.05, 4.69) is 60.4 Å². The number of hydrogen-bond acceptors (Lipinski definition) is 2. The molecule has 0 radical (unpaired) electrons. The number of rotatable bonds is 7. The molecule has 1 aromatic carbocycles. The van der Waals surface area contributed by atoms with Crippen molar-refractivity contribution in [3.8, 4) is 0 Å². The number of hydrogen-bond donors (Lipinski definition) is 1. The second-order valence-electron chi connectivity index (χ2n) is 5.83. The lowest BCUT2D eigenvalue weighted by atomic mass is 10.1. The third-order valence-electron chi connectivity index (χ3n) is 3.90. The van der Waals surface area contributed by atoms with E-state index < -0.39 is 0 Å². The van der Waals surface area contributed by atoms with Gasteiger partial charge in [0, 0.05) is 45.0 Å². The zero-order chi connectivity index (χ0) is 17.2. The highest BCUT2D eigenvalue weighted by Crippen LogP contribution is 2.07. The largest absolute Gasteiger partial charge is 0.357 e. The van der Waals surface area contributed by atoms with Gasteiger partial charge in [-0.25, -0.2) is 0 Å². The summed E-state index contributed by atoms with van der Waals surface area (Å²) in [7, 11) is 2.08. The lowest BCUT2D eigenvalue weighted by Crippen LogP contribution is -2.38. The normalized spacial score (nSPS) is 11.4. The zero-order valence-corrected chi connectivity index (χ0v) is 15.0. The fourth-order valence-corrected chi connectivity index (χ4v) is 2.52. The zero-order valence-electron chi connectivity index (χ0n) is 15.0. The van der Waals surface area contributed by atoms with Crippen LogP contribution >= 0.6 is 0 Å². The Morgan fingerprint density at radius 2 is 1.83 bits per heavy atom. The number of guanidine groups is 1. The Morgan fingerprint density at radius 3 is 2.46 bits per heavy atom. The van der Waals surface area contributed by atoms with Gasteiger partial charge in [-0.05, 0) is 36.6 Å². The SMILES string of the molecule is CCNC(=NCCc1ccccn1)N(C)Cc1ccc(CC)cc1. The molecule has 1 N–H and O–H groups in total. The molecular formula is C20H28N4. The standard InChI is InChI=1S/C20H28N4/c1-4-17-9-11-18(12-10-17)16-24(3)20(21-5-2)23-15-13-19-8-6-7-14-22-19/h6-12,14H,4-5,13,15-16H2,1-3H3,(H,21,23). The van der Waals surface area contributed by atoms with Gasteiger partial charge in [0.05, 0.1) is 0 Å². The van der Waals surface area contributed by atoms with E-state index in [9.17, 15) is 0 Å². The Balaban J connectivity index is 1.95. The molecule has 0 bridgehead atoms. The van der Waals surface area contributed by atoms with Gasteiger partial charge in [0.1, 0.15) is 0 Å². The first-order chi connectivity index (χ1) is 11.7. The maximum atomic E-state index is 4.73. The second-order valence-corrected chi connectivity index (χ2v) is 5.83. The second kappa shape index (κ2) is 9.71. The quantitative estimate of drug-likeness (QED) is 0.627. The van der Waals surface area contributed by atoms with Gasteiger partial charge in [0.25, 0.3) is 0 Å². The van der Waals surface area contributed by atoms with E-state index in [0.717, 1.165) is 44.1 Å². The molecule has 0 aliphatic carbocycles. The molecular weight excluding hydrogens is 296 g/mol. The minimum atomic E-state index is 0.735. The summed E-state index contributed by atoms with van der Waals surface area (Å²) < 4.78 is 0. The lowest BCUT2D eigenvalue weighted by Gasteiger charge is -2.22. The van der Waals surface area contributed by atoms with E-state index in [4.69, 9.17) is 4.99 Å². The molecule has 24 heavy (non-hydrogen) atoms. The van der Waals surface area contributed by atoms with Crippen molar-refractivity contribution in [1.29, 1.82) is 0 Å². The van der Waals surface area contributed by atoms with E-state index in [-0.39, 0.29) is 0 Å². The van der Waals surface area contributed by atoms with Crippen LogP contribution in [0.3, 0.4) is 0 Å². The van der Waals surface area contributed by atoms with Crippen LogP contribution in [0.25, 0.3) is 0 Å². The summed E-state index contributed by atoms with van der Waals surface area (Å²) in [6, 6.07) is 14.8. The number of pyridine rings is 1. The van der Waals surface area contributed by atoms with Gasteiger partial charge in [-0.2, -0.15) is 0 Å². The molecule has 0 saturated carbocycles. The van der Waals surface area contributed by atoms with Crippen molar-refractivity contribution in [2.45, 2.75) is 33.2 Å². The summed E-state index contributed by atoms with van der Waals surface area (Å²) in [5, 5.41) is 3.37. The molecule has 4 heteroatoms. The maximum absolute atomic E-state index is 4.73. The van der Waals surface area contributed by atoms with Crippen LogP contribution in [-0.2, 0) is 19.4 Å². The van der Waals surface area contributed by atoms with Crippen LogP contribution in [0, 0.1) is 0 Å². The fourth-order valence-electron chi connectivity index (χ4n) is 2.52. The van der Waals surface area contributed by atoms with Crippen molar-refractivity contribution in [3.63, 3.8) is 0 Å². The summed E-state index contributed by atoms with van der Waals surface area (Å²) in [6.45, 7) is 6.72. The number of benzene rings is 1. The summed E-state index contributed by atoms with van der Waals surface area (Å²) >= 11 is 0. The fraction of sp³-hybridized carbons (Fsp3) is 0.400. The smallest absolute Gasteiger partial charge is 0.193 e. The van der Waals surface area contributed by atoms with Crippen molar-refractivity contribution in [1.82, 2.24) is 15.2 Å². The van der Waals surface area contributed by atoms with Crippen LogP contribution < -0.4 is 5.32 Å². The molecule has 4 nitrogen and oxygen atoms in total. The molecule has 0 saturated heterocycles. The Morgan fingerprint density at radius 1 is 1.08 bits per heavy atom. The molecule has 0 unspecified atom stereocenters. The van der Waals surface area contributed by atoms with Crippen LogP contribution in [0.1, 0.15) is 30.7 Å². The van der Waals surface area contributed by atoms with Gasteiger partial charge in [-0.1, -0.05) is 37.3 Å². The monoisotopic (exact) mass is 324 g/mol. The molecule has 0 atom stereocenters. The van der Waals surface area contributed by atoms with Gasteiger partial charge in [0.2, 0.25) is 0 Å². The molecule has 2 rings (SSSR count). The van der Waals surface area contributed by atoms with Gasteiger partial charge in [-0.3, -0.25) is 9.98 Å². The lowest BCUT2D eigenvalue weighted by molar-refractivity contribution is 0.477.